The van der Waals surface area contributed by atoms with Crippen LogP contribution in [0.1, 0.15) is 0 Å². The van der Waals surface area contributed by atoms with Crippen molar-refractivity contribution in [3.05, 3.63) is 170 Å². The summed E-state index contributed by atoms with van der Waals surface area (Å²) in [6.07, 6.45) is 0. The summed E-state index contributed by atoms with van der Waals surface area (Å²) in [7, 11) is 0. The van der Waals surface area contributed by atoms with E-state index in [-0.39, 0.29) is 0 Å². The van der Waals surface area contributed by atoms with Crippen LogP contribution >= 0.6 is 0 Å². The molecular weight excluding hydrogens is 625 g/mol. The molecule has 0 saturated heterocycles. The third-order valence-electron chi connectivity index (χ3n) is 10.2. The van der Waals surface area contributed by atoms with E-state index in [1.54, 1.807) is 0 Å². The zero-order valence-electron chi connectivity index (χ0n) is 27.4. The fraction of sp³-hybridized carbons (Fsp3) is 0. The second-order valence-electron chi connectivity index (χ2n) is 13.1. The average Bonchev–Trinajstić information content (AvgIpc) is 3.88. The maximum absolute atomic E-state index is 6.51. The largest absolute Gasteiger partial charge is 0.455 e. The Balaban J connectivity index is 1.08. The minimum absolute atomic E-state index is 0.850. The van der Waals surface area contributed by atoms with Gasteiger partial charge in [-0.25, -0.2) is 4.98 Å². The Morgan fingerprint density at radius 3 is 1.80 bits per heavy atom. The molecule has 4 aromatic heterocycles. The summed E-state index contributed by atoms with van der Waals surface area (Å²) >= 11 is 0. The molecule has 0 N–H and O–H groups in total. The third kappa shape index (κ3) is 4.23. The molecule has 11 rings (SSSR count). The Hall–Kier alpha value is -6.91. The van der Waals surface area contributed by atoms with Gasteiger partial charge in [-0.1, -0.05) is 109 Å². The van der Waals surface area contributed by atoms with Crippen LogP contribution in [0.25, 0.3) is 105 Å². The van der Waals surface area contributed by atoms with Gasteiger partial charge in [-0.2, -0.15) is 0 Å². The van der Waals surface area contributed by atoms with Crippen molar-refractivity contribution in [3.8, 4) is 39.3 Å². The zero-order chi connectivity index (χ0) is 33.5. The first kappa shape index (κ1) is 28.0. The molecule has 0 spiro atoms. The number of fused-ring (bicyclic) bond motifs is 10. The van der Waals surface area contributed by atoms with E-state index in [1.807, 2.05) is 30.3 Å². The molecular formula is C47H28N2O2. The Morgan fingerprint density at radius 1 is 0.392 bits per heavy atom. The van der Waals surface area contributed by atoms with Gasteiger partial charge in [0.1, 0.15) is 22.3 Å². The lowest BCUT2D eigenvalue weighted by Gasteiger charge is -2.12. The number of hydrogen-bond donors (Lipinski definition) is 0. The van der Waals surface area contributed by atoms with Gasteiger partial charge < -0.3 is 13.4 Å². The van der Waals surface area contributed by atoms with Crippen LogP contribution < -0.4 is 0 Å². The normalized spacial score (nSPS) is 11.9. The Kier molecular flexibility index (Phi) is 5.92. The monoisotopic (exact) mass is 652 g/mol. The van der Waals surface area contributed by atoms with E-state index >= 15 is 0 Å². The van der Waals surface area contributed by atoms with E-state index in [4.69, 9.17) is 13.8 Å². The number of aromatic nitrogens is 2. The molecule has 0 fully saturated rings. The number of benzene rings is 7. The minimum atomic E-state index is 0.850. The number of furan rings is 2. The maximum Gasteiger partial charge on any atom is 0.145 e. The molecule has 0 aliphatic heterocycles. The molecule has 51 heavy (non-hydrogen) atoms. The van der Waals surface area contributed by atoms with Crippen molar-refractivity contribution in [3.63, 3.8) is 0 Å². The van der Waals surface area contributed by atoms with Crippen LogP contribution in [0.2, 0.25) is 0 Å². The van der Waals surface area contributed by atoms with Crippen molar-refractivity contribution in [2.75, 3.05) is 0 Å². The molecule has 0 radical (unpaired) electrons. The van der Waals surface area contributed by atoms with Gasteiger partial charge in [0, 0.05) is 43.7 Å². The average molecular weight is 653 g/mol. The topological polar surface area (TPSA) is 44.1 Å². The first-order chi connectivity index (χ1) is 25.3. The van der Waals surface area contributed by atoms with Gasteiger partial charge in [0.2, 0.25) is 0 Å². The number of para-hydroxylation sites is 4. The SMILES string of the molecule is c1ccc(-c2cc(-c3ccc(-n4c5ccccc5c5c6oc7ccccc7c6ccc54)cc3)nc(-c3cccc4c3oc3ccccc34)c2)cc1. The molecule has 238 valence electrons. The van der Waals surface area contributed by atoms with E-state index in [0.29, 0.717) is 0 Å². The Bertz CT molecular complexity index is 3130. The van der Waals surface area contributed by atoms with Crippen LogP contribution in [0.3, 0.4) is 0 Å². The molecule has 4 nitrogen and oxygen atoms in total. The highest BCUT2D eigenvalue weighted by Gasteiger charge is 2.19. The van der Waals surface area contributed by atoms with E-state index in [9.17, 15) is 0 Å². The lowest BCUT2D eigenvalue weighted by atomic mass is 9.99. The summed E-state index contributed by atoms with van der Waals surface area (Å²) in [6.45, 7) is 0. The summed E-state index contributed by atoms with van der Waals surface area (Å²) in [5, 5.41) is 6.77. The van der Waals surface area contributed by atoms with Crippen LogP contribution in [-0.2, 0) is 0 Å². The van der Waals surface area contributed by atoms with Crippen LogP contribution in [0.5, 0.6) is 0 Å². The first-order valence-electron chi connectivity index (χ1n) is 17.2. The quantitative estimate of drug-likeness (QED) is 0.190. The van der Waals surface area contributed by atoms with E-state index in [0.717, 1.165) is 99.6 Å². The molecule has 0 saturated carbocycles. The van der Waals surface area contributed by atoms with E-state index in [1.165, 1.54) is 5.39 Å². The number of pyridine rings is 1. The Labute approximate surface area is 292 Å². The maximum atomic E-state index is 6.51. The van der Waals surface area contributed by atoms with Crippen LogP contribution in [0, 0.1) is 0 Å². The van der Waals surface area contributed by atoms with Gasteiger partial charge in [0.15, 0.2) is 0 Å². The highest BCUT2D eigenvalue weighted by molar-refractivity contribution is 6.23. The second-order valence-corrected chi connectivity index (χ2v) is 13.1. The van der Waals surface area contributed by atoms with Crippen molar-refractivity contribution >= 4 is 65.7 Å². The van der Waals surface area contributed by atoms with Crippen molar-refractivity contribution in [1.29, 1.82) is 0 Å². The van der Waals surface area contributed by atoms with Crippen LogP contribution in [0.15, 0.2) is 179 Å². The fourth-order valence-corrected chi connectivity index (χ4v) is 7.86. The van der Waals surface area contributed by atoms with Gasteiger partial charge in [0.05, 0.1) is 27.8 Å². The number of nitrogens with zero attached hydrogens (tertiary/aromatic N) is 2. The van der Waals surface area contributed by atoms with Gasteiger partial charge in [-0.05, 0) is 71.8 Å². The molecule has 0 atom stereocenters. The predicted octanol–water partition coefficient (Wildman–Crippen LogP) is 13.0. The molecule has 4 heterocycles. The molecule has 0 aliphatic rings. The van der Waals surface area contributed by atoms with E-state index < -0.39 is 0 Å². The predicted molar refractivity (Wildman–Crippen MR) is 209 cm³/mol. The molecule has 0 aliphatic carbocycles. The van der Waals surface area contributed by atoms with Crippen molar-refractivity contribution in [1.82, 2.24) is 9.55 Å². The summed E-state index contributed by atoms with van der Waals surface area (Å²) < 4.78 is 15.3. The highest BCUT2D eigenvalue weighted by atomic mass is 16.3. The van der Waals surface area contributed by atoms with Crippen molar-refractivity contribution in [2.45, 2.75) is 0 Å². The fourth-order valence-electron chi connectivity index (χ4n) is 7.86. The second kappa shape index (κ2) is 10.8. The Morgan fingerprint density at radius 2 is 1.02 bits per heavy atom. The van der Waals surface area contributed by atoms with Crippen molar-refractivity contribution < 1.29 is 8.83 Å². The molecule has 0 amide bonds. The standard InChI is InChI=1S/C47H28N2O2/c1-2-11-29(12-3-1)31-27-39(48-40(28-31)37-17-10-16-35-33-13-5-8-19-43(33)50-46(35)37)30-21-23-32(24-22-30)49-41-18-7-4-15-38(41)45-42(49)26-25-36-34-14-6-9-20-44(34)51-47(36)45/h1-28H. The molecule has 0 unspecified atom stereocenters. The molecule has 4 heteroatoms. The van der Waals surface area contributed by atoms with Crippen LogP contribution in [-0.4, -0.2) is 9.55 Å². The molecule has 7 aromatic carbocycles. The van der Waals surface area contributed by atoms with Gasteiger partial charge in [0.25, 0.3) is 0 Å². The third-order valence-corrected chi connectivity index (χ3v) is 10.2. The molecule has 11 aromatic rings. The van der Waals surface area contributed by atoms with E-state index in [2.05, 4.69) is 144 Å². The summed E-state index contributed by atoms with van der Waals surface area (Å²) in [5.74, 6) is 0. The number of hydrogen-bond acceptors (Lipinski definition) is 3. The lowest BCUT2D eigenvalue weighted by Crippen LogP contribution is -1.95. The van der Waals surface area contributed by atoms with Crippen LogP contribution in [0.4, 0.5) is 0 Å². The summed E-state index contributed by atoms with van der Waals surface area (Å²) in [6, 6.07) is 59.4. The first-order valence-corrected chi connectivity index (χ1v) is 17.2. The smallest absolute Gasteiger partial charge is 0.145 e. The summed E-state index contributed by atoms with van der Waals surface area (Å²) in [4.78, 5) is 5.29. The molecule has 0 bridgehead atoms. The minimum Gasteiger partial charge on any atom is -0.455 e. The highest BCUT2D eigenvalue weighted by Crippen LogP contribution is 2.41. The van der Waals surface area contributed by atoms with Gasteiger partial charge in [-0.3, -0.25) is 0 Å². The zero-order valence-corrected chi connectivity index (χ0v) is 27.4. The number of rotatable bonds is 4. The van der Waals surface area contributed by atoms with Gasteiger partial charge >= 0.3 is 0 Å². The lowest BCUT2D eigenvalue weighted by molar-refractivity contribution is 0.670. The van der Waals surface area contributed by atoms with Crippen molar-refractivity contribution in [2.24, 2.45) is 0 Å². The summed E-state index contributed by atoms with van der Waals surface area (Å²) in [5.41, 5.74) is 12.9. The van der Waals surface area contributed by atoms with Gasteiger partial charge in [-0.15, -0.1) is 0 Å².